The standard InChI is InChI=1S/C26H34N2O3.2ClH/c1-4-16-28(17-5-2)18-19-31-24-13-9-12-23(20-24)25(29)14-15-27-21(3)26(30)22-10-7-6-8-11-22;;/h4-13,20-21,26-27,30H,1-2,14-19H2,3H3;2*1H. The van der Waals surface area contributed by atoms with E-state index in [9.17, 15) is 9.90 Å². The van der Waals surface area contributed by atoms with Crippen LogP contribution in [0.25, 0.3) is 0 Å². The Morgan fingerprint density at radius 3 is 2.39 bits per heavy atom. The monoisotopic (exact) mass is 494 g/mol. The fraction of sp³-hybridized carbons (Fsp3) is 0.346. The third-order valence-corrected chi connectivity index (χ3v) is 5.30. The molecule has 2 aromatic rings. The minimum atomic E-state index is -0.558. The molecule has 0 saturated carbocycles. The van der Waals surface area contributed by atoms with E-state index in [0.29, 0.717) is 30.9 Å². The summed E-state index contributed by atoms with van der Waals surface area (Å²) in [5, 5.41) is 12.5. The number of benzene rings is 2. The molecule has 0 saturated heterocycles. The van der Waals surface area contributed by atoms with Gasteiger partial charge in [-0.1, -0.05) is 55.6 Å². The molecule has 4 N–H and O–H groups in total. The average molecular weight is 495 g/mol. The Labute approximate surface area is 210 Å². The predicted molar refractivity (Wildman–Crippen MR) is 124 cm³/mol. The first-order chi connectivity index (χ1) is 15.0. The SMILES string of the molecule is C=CC[NH+](CC=C)CCOc1cccc(C(=O)CC[NH2+]C(C)C(O)c2ccccc2)c1.[Cl-].[Cl-]. The summed E-state index contributed by atoms with van der Waals surface area (Å²) in [6.07, 6.45) is 3.65. The summed E-state index contributed by atoms with van der Waals surface area (Å²) in [5.74, 6) is 0.785. The van der Waals surface area contributed by atoms with Crippen LogP contribution in [0.1, 0.15) is 35.4 Å². The molecule has 0 aliphatic heterocycles. The number of quaternary nitrogens is 2. The van der Waals surface area contributed by atoms with Gasteiger partial charge in [-0.3, -0.25) is 4.79 Å². The second-order valence-corrected chi connectivity index (χ2v) is 7.77. The first-order valence-corrected chi connectivity index (χ1v) is 10.9. The highest BCUT2D eigenvalue weighted by molar-refractivity contribution is 5.96. The Kier molecular flexibility index (Phi) is 16.2. The topological polar surface area (TPSA) is 67.6 Å². The Hall–Kier alpha value is -2.15. The lowest BCUT2D eigenvalue weighted by molar-refractivity contribution is -0.888. The second kappa shape index (κ2) is 17.3. The molecule has 0 radical (unpaired) electrons. The van der Waals surface area contributed by atoms with E-state index >= 15 is 0 Å². The average Bonchev–Trinajstić information content (AvgIpc) is 2.79. The number of nitrogens with two attached hydrogens (primary N) is 1. The Morgan fingerprint density at radius 2 is 1.76 bits per heavy atom. The number of hydrogen-bond donors (Lipinski definition) is 3. The van der Waals surface area contributed by atoms with Gasteiger partial charge in [0.05, 0.1) is 26.1 Å². The zero-order valence-electron chi connectivity index (χ0n) is 19.3. The largest absolute Gasteiger partial charge is 1.00 e. The van der Waals surface area contributed by atoms with Gasteiger partial charge in [0.2, 0.25) is 0 Å². The first kappa shape index (κ1) is 30.9. The fourth-order valence-electron chi connectivity index (χ4n) is 3.47. The molecule has 0 aromatic heterocycles. The van der Waals surface area contributed by atoms with Crippen LogP contribution in [0.2, 0.25) is 0 Å². The van der Waals surface area contributed by atoms with E-state index < -0.39 is 6.10 Å². The van der Waals surface area contributed by atoms with Crippen LogP contribution in [0, 0.1) is 0 Å². The number of nitrogens with one attached hydrogen (secondary N) is 1. The molecule has 5 nitrogen and oxygen atoms in total. The van der Waals surface area contributed by atoms with Crippen molar-refractivity contribution >= 4 is 5.78 Å². The lowest BCUT2D eigenvalue weighted by Gasteiger charge is -2.17. The van der Waals surface area contributed by atoms with Crippen LogP contribution in [-0.4, -0.2) is 49.7 Å². The molecule has 0 aliphatic rings. The lowest BCUT2D eigenvalue weighted by atomic mass is 10.0. The number of Topliss-reactive ketones (excluding diaryl/α,β-unsaturated/α-hetero) is 1. The van der Waals surface area contributed by atoms with Crippen LogP contribution < -0.4 is 39.8 Å². The van der Waals surface area contributed by atoms with E-state index in [2.05, 4.69) is 13.2 Å². The van der Waals surface area contributed by atoms with Gasteiger partial charge < -0.3 is 44.9 Å². The number of halogens is 2. The molecule has 2 rings (SSSR count). The number of aliphatic hydroxyl groups excluding tert-OH is 1. The summed E-state index contributed by atoms with van der Waals surface area (Å²) in [6, 6.07) is 16.9. The van der Waals surface area contributed by atoms with Crippen molar-refractivity contribution in [1.82, 2.24) is 0 Å². The Bertz CT molecular complexity index is 823. The number of ether oxygens (including phenoxy) is 1. The molecule has 2 atom stereocenters. The number of aliphatic hydroxyl groups is 1. The molecule has 7 heteroatoms. The summed E-state index contributed by atoms with van der Waals surface area (Å²) in [6.45, 7) is 13.3. The molecule has 0 bridgehead atoms. The highest BCUT2D eigenvalue weighted by Crippen LogP contribution is 2.15. The van der Waals surface area contributed by atoms with E-state index in [4.69, 9.17) is 4.74 Å². The molecular formula is C26H36Cl2N2O3. The van der Waals surface area contributed by atoms with E-state index in [1.165, 1.54) is 4.90 Å². The Balaban J connectivity index is 0.00000512. The highest BCUT2D eigenvalue weighted by atomic mass is 35.5. The van der Waals surface area contributed by atoms with E-state index in [1.54, 1.807) is 0 Å². The van der Waals surface area contributed by atoms with Crippen molar-refractivity contribution in [2.24, 2.45) is 0 Å². The van der Waals surface area contributed by atoms with Crippen molar-refractivity contribution in [3.05, 3.63) is 91.0 Å². The number of carbonyl (C=O) groups excluding carboxylic acids is 1. The normalized spacial score (nSPS) is 12.1. The summed E-state index contributed by atoms with van der Waals surface area (Å²) in [7, 11) is 0. The van der Waals surface area contributed by atoms with Gasteiger partial charge in [-0.15, -0.1) is 0 Å². The van der Waals surface area contributed by atoms with Gasteiger partial charge in [0.25, 0.3) is 0 Å². The summed E-state index contributed by atoms with van der Waals surface area (Å²) < 4.78 is 5.86. The third-order valence-electron chi connectivity index (χ3n) is 5.30. The van der Waals surface area contributed by atoms with Crippen molar-refractivity contribution < 1.29 is 49.7 Å². The van der Waals surface area contributed by atoms with Crippen molar-refractivity contribution in [1.29, 1.82) is 0 Å². The van der Waals surface area contributed by atoms with Gasteiger partial charge in [0.15, 0.2) is 5.78 Å². The minimum absolute atomic E-state index is 0. The number of carbonyl (C=O) groups is 1. The lowest BCUT2D eigenvalue weighted by Crippen LogP contribution is -3.12. The van der Waals surface area contributed by atoms with Gasteiger partial charge in [-0.2, -0.15) is 0 Å². The quantitative estimate of drug-likeness (QED) is 0.173. The molecule has 182 valence electrons. The fourth-order valence-corrected chi connectivity index (χ4v) is 3.47. The number of ketones is 1. The molecule has 33 heavy (non-hydrogen) atoms. The molecule has 0 aliphatic carbocycles. The van der Waals surface area contributed by atoms with Gasteiger partial charge in [-0.25, -0.2) is 0 Å². The van der Waals surface area contributed by atoms with Crippen molar-refractivity contribution in [3.63, 3.8) is 0 Å². The zero-order chi connectivity index (χ0) is 22.5. The second-order valence-electron chi connectivity index (χ2n) is 7.77. The molecule has 2 aromatic carbocycles. The van der Waals surface area contributed by atoms with Crippen molar-refractivity contribution in [3.8, 4) is 5.75 Å². The molecule has 0 fully saturated rings. The highest BCUT2D eigenvalue weighted by Gasteiger charge is 2.19. The molecule has 0 heterocycles. The Morgan fingerprint density at radius 1 is 1.09 bits per heavy atom. The third kappa shape index (κ3) is 11.0. The maximum atomic E-state index is 12.6. The first-order valence-electron chi connectivity index (χ1n) is 10.9. The smallest absolute Gasteiger partial charge is 0.168 e. The van der Waals surface area contributed by atoms with Crippen LogP contribution >= 0.6 is 0 Å². The van der Waals surface area contributed by atoms with Crippen LogP contribution in [-0.2, 0) is 0 Å². The molecule has 2 unspecified atom stereocenters. The maximum absolute atomic E-state index is 12.6. The van der Waals surface area contributed by atoms with E-state index in [-0.39, 0.29) is 36.6 Å². The van der Waals surface area contributed by atoms with Gasteiger partial charge in [0.1, 0.15) is 31.0 Å². The molecule has 0 amide bonds. The minimum Gasteiger partial charge on any atom is -1.00 e. The van der Waals surface area contributed by atoms with E-state index in [1.807, 2.05) is 79.0 Å². The van der Waals surface area contributed by atoms with Gasteiger partial charge >= 0.3 is 0 Å². The zero-order valence-corrected chi connectivity index (χ0v) is 20.8. The van der Waals surface area contributed by atoms with Crippen LogP contribution in [0.3, 0.4) is 0 Å². The summed E-state index contributed by atoms with van der Waals surface area (Å²) in [4.78, 5) is 13.9. The van der Waals surface area contributed by atoms with Crippen LogP contribution in [0.4, 0.5) is 0 Å². The van der Waals surface area contributed by atoms with E-state index in [0.717, 1.165) is 25.2 Å². The van der Waals surface area contributed by atoms with Gasteiger partial charge in [-0.05, 0) is 36.8 Å². The van der Waals surface area contributed by atoms with Crippen LogP contribution in [0.5, 0.6) is 5.75 Å². The molecular weight excluding hydrogens is 459 g/mol. The summed E-state index contributed by atoms with van der Waals surface area (Å²) >= 11 is 0. The predicted octanol–water partition coefficient (Wildman–Crippen LogP) is -4.41. The number of rotatable bonds is 15. The van der Waals surface area contributed by atoms with Crippen molar-refractivity contribution in [2.45, 2.75) is 25.5 Å². The number of hydrogen-bond acceptors (Lipinski definition) is 3. The molecule has 0 spiro atoms. The van der Waals surface area contributed by atoms with Crippen LogP contribution in [0.15, 0.2) is 79.9 Å². The van der Waals surface area contributed by atoms with Gasteiger partial charge in [0, 0.05) is 5.56 Å². The maximum Gasteiger partial charge on any atom is 0.168 e. The van der Waals surface area contributed by atoms with Crippen molar-refractivity contribution in [2.75, 3.05) is 32.8 Å². The summed E-state index contributed by atoms with van der Waals surface area (Å²) in [5.41, 5.74) is 1.55.